The molecule has 1 heterocycles. The lowest BCUT2D eigenvalue weighted by atomic mass is 10.1. The number of hydrogen-bond donors (Lipinski definition) is 0. The van der Waals surface area contributed by atoms with Gasteiger partial charge in [-0.1, -0.05) is 45.7 Å². The Morgan fingerprint density at radius 3 is 2.70 bits per heavy atom. The lowest BCUT2D eigenvalue weighted by Crippen LogP contribution is -1.98. The minimum Gasteiger partial charge on any atom is -0.266 e. The van der Waals surface area contributed by atoms with E-state index in [1.54, 1.807) is 12.1 Å². The number of rotatable bonds is 1. The van der Waals surface area contributed by atoms with E-state index in [0.29, 0.717) is 16.2 Å². The minimum absolute atomic E-state index is 0.379. The highest BCUT2D eigenvalue weighted by molar-refractivity contribution is 9.10. The molecule has 0 aliphatic rings. The van der Waals surface area contributed by atoms with E-state index >= 15 is 0 Å². The summed E-state index contributed by atoms with van der Waals surface area (Å²) < 4.78 is 0.889. The topological polar surface area (TPSA) is 42.9 Å². The van der Waals surface area contributed by atoms with Gasteiger partial charge in [-0.15, -0.1) is 0 Å². The standard InChI is InChI=1S/C15H8BrClN2O/c16-9-5-6-13-11(7-9)15(18-8-14(20)19-13)10-3-1-2-4-12(10)17/h1-8H. The molecule has 0 unspecified atom stereocenters. The monoisotopic (exact) mass is 346 g/mol. The van der Waals surface area contributed by atoms with Crippen molar-refractivity contribution in [3.05, 3.63) is 68.5 Å². The first-order valence-corrected chi connectivity index (χ1v) is 7.04. The number of fused-ring (bicyclic) bond motifs is 1. The maximum absolute atomic E-state index is 11.6. The molecule has 5 heteroatoms. The van der Waals surface area contributed by atoms with Crippen LogP contribution in [0.5, 0.6) is 0 Å². The van der Waals surface area contributed by atoms with Gasteiger partial charge < -0.3 is 0 Å². The van der Waals surface area contributed by atoms with Crippen LogP contribution >= 0.6 is 27.5 Å². The van der Waals surface area contributed by atoms with E-state index in [0.717, 1.165) is 15.4 Å². The van der Waals surface area contributed by atoms with Crippen LogP contribution in [0.25, 0.3) is 22.2 Å². The van der Waals surface area contributed by atoms with Gasteiger partial charge >= 0.3 is 0 Å². The first-order chi connectivity index (χ1) is 9.65. The summed E-state index contributed by atoms with van der Waals surface area (Å²) in [5.74, 6) is 0. The van der Waals surface area contributed by atoms with Gasteiger partial charge in [-0.25, -0.2) is 9.97 Å². The Hall–Kier alpha value is -1.78. The van der Waals surface area contributed by atoms with Crippen molar-refractivity contribution in [2.75, 3.05) is 0 Å². The largest absolute Gasteiger partial charge is 0.288 e. The molecule has 1 aromatic heterocycles. The SMILES string of the molecule is O=c1cnc(-c2ccccc2Cl)c2cc(Br)ccc2n1. The van der Waals surface area contributed by atoms with Gasteiger partial charge in [-0.05, 0) is 24.3 Å². The van der Waals surface area contributed by atoms with E-state index in [9.17, 15) is 4.79 Å². The van der Waals surface area contributed by atoms with Gasteiger partial charge in [0.15, 0.2) is 0 Å². The summed E-state index contributed by atoms with van der Waals surface area (Å²) in [5.41, 5.74) is 1.62. The smallest absolute Gasteiger partial charge is 0.266 e. The fraction of sp³-hybridized carbons (Fsp3) is 0. The third-order valence-corrected chi connectivity index (χ3v) is 3.70. The molecule has 0 spiro atoms. The summed E-state index contributed by atoms with van der Waals surface area (Å²) in [4.78, 5) is 19.9. The highest BCUT2D eigenvalue weighted by Gasteiger charge is 2.09. The predicted molar refractivity (Wildman–Crippen MR) is 84.0 cm³/mol. The van der Waals surface area contributed by atoms with Crippen LogP contribution in [-0.4, -0.2) is 9.97 Å². The molecule has 0 saturated heterocycles. The van der Waals surface area contributed by atoms with Gasteiger partial charge in [0.05, 0.1) is 17.4 Å². The van der Waals surface area contributed by atoms with Crippen molar-refractivity contribution in [3.8, 4) is 11.3 Å². The maximum Gasteiger partial charge on any atom is 0.288 e. The van der Waals surface area contributed by atoms with Crippen molar-refractivity contribution >= 4 is 38.4 Å². The van der Waals surface area contributed by atoms with Crippen molar-refractivity contribution in [3.63, 3.8) is 0 Å². The molecule has 0 amide bonds. The van der Waals surface area contributed by atoms with Crippen molar-refractivity contribution in [2.24, 2.45) is 0 Å². The van der Waals surface area contributed by atoms with Crippen LogP contribution in [0.4, 0.5) is 0 Å². The second-order valence-electron chi connectivity index (χ2n) is 4.20. The summed E-state index contributed by atoms with van der Waals surface area (Å²) in [6.45, 7) is 0. The predicted octanol–water partition coefficient (Wildman–Crippen LogP) is 4.07. The molecule has 0 saturated carbocycles. The van der Waals surface area contributed by atoms with Crippen molar-refractivity contribution < 1.29 is 0 Å². The number of aromatic nitrogens is 2. The molecule has 0 atom stereocenters. The van der Waals surface area contributed by atoms with E-state index < -0.39 is 0 Å². The molecule has 0 aliphatic carbocycles. The van der Waals surface area contributed by atoms with E-state index in [4.69, 9.17) is 11.6 Å². The van der Waals surface area contributed by atoms with E-state index in [2.05, 4.69) is 25.9 Å². The van der Waals surface area contributed by atoms with Gasteiger partial charge in [-0.2, -0.15) is 0 Å². The van der Waals surface area contributed by atoms with Gasteiger partial charge in [0, 0.05) is 20.4 Å². The number of hydrogen-bond acceptors (Lipinski definition) is 3. The molecule has 2 aromatic carbocycles. The van der Waals surface area contributed by atoms with E-state index in [1.165, 1.54) is 6.20 Å². The van der Waals surface area contributed by atoms with Crippen LogP contribution in [0.3, 0.4) is 0 Å². The molecule has 0 aliphatic heterocycles. The zero-order valence-corrected chi connectivity index (χ0v) is 12.5. The molecular formula is C15H8BrClN2O. The van der Waals surface area contributed by atoms with Gasteiger partial charge in [0.25, 0.3) is 5.56 Å². The second kappa shape index (κ2) is 5.31. The molecule has 3 aromatic rings. The number of nitrogens with zero attached hydrogens (tertiary/aromatic N) is 2. The van der Waals surface area contributed by atoms with E-state index in [-0.39, 0.29) is 5.56 Å². The van der Waals surface area contributed by atoms with Crippen LogP contribution < -0.4 is 5.56 Å². The molecule has 3 rings (SSSR count). The summed E-state index contributed by atoms with van der Waals surface area (Å²) >= 11 is 9.66. The molecule has 20 heavy (non-hydrogen) atoms. The summed E-state index contributed by atoms with van der Waals surface area (Å²) in [6, 6.07) is 12.9. The lowest BCUT2D eigenvalue weighted by molar-refractivity contribution is 1.26. The van der Waals surface area contributed by atoms with Gasteiger partial charge in [-0.3, -0.25) is 4.79 Å². The van der Waals surface area contributed by atoms with Crippen molar-refractivity contribution in [1.82, 2.24) is 9.97 Å². The van der Waals surface area contributed by atoms with Crippen molar-refractivity contribution in [2.45, 2.75) is 0 Å². The van der Waals surface area contributed by atoms with Gasteiger partial charge in [0.1, 0.15) is 0 Å². The van der Waals surface area contributed by atoms with Crippen LogP contribution in [0, 0.1) is 0 Å². The average Bonchev–Trinajstić information content (AvgIpc) is 2.58. The van der Waals surface area contributed by atoms with E-state index in [1.807, 2.05) is 30.3 Å². The highest BCUT2D eigenvalue weighted by Crippen LogP contribution is 2.31. The molecular weight excluding hydrogens is 340 g/mol. The summed E-state index contributed by atoms with van der Waals surface area (Å²) in [7, 11) is 0. The average molecular weight is 348 g/mol. The zero-order valence-electron chi connectivity index (χ0n) is 10.2. The minimum atomic E-state index is -0.379. The summed E-state index contributed by atoms with van der Waals surface area (Å²) in [5, 5.41) is 1.36. The Kier molecular flexibility index (Phi) is 3.51. The summed E-state index contributed by atoms with van der Waals surface area (Å²) in [6.07, 6.45) is 1.21. The maximum atomic E-state index is 11.6. The third-order valence-electron chi connectivity index (χ3n) is 2.88. The fourth-order valence-electron chi connectivity index (χ4n) is 2.00. The second-order valence-corrected chi connectivity index (χ2v) is 5.52. The van der Waals surface area contributed by atoms with Crippen LogP contribution in [0.2, 0.25) is 5.02 Å². The fourth-order valence-corrected chi connectivity index (χ4v) is 2.59. The van der Waals surface area contributed by atoms with Gasteiger partial charge in [0.2, 0.25) is 0 Å². The Morgan fingerprint density at radius 2 is 1.90 bits per heavy atom. The van der Waals surface area contributed by atoms with Crippen LogP contribution in [-0.2, 0) is 0 Å². The zero-order chi connectivity index (χ0) is 14.1. The molecule has 0 fully saturated rings. The lowest BCUT2D eigenvalue weighted by Gasteiger charge is -2.04. The Labute approximate surface area is 128 Å². The first-order valence-electron chi connectivity index (χ1n) is 5.87. The Morgan fingerprint density at radius 1 is 1.10 bits per heavy atom. The normalized spacial score (nSPS) is 10.7. The Balaban J connectivity index is 2.47. The first kappa shape index (κ1) is 13.2. The molecule has 0 radical (unpaired) electrons. The van der Waals surface area contributed by atoms with Crippen LogP contribution in [0.1, 0.15) is 0 Å². The quantitative estimate of drug-likeness (QED) is 0.666. The van der Waals surface area contributed by atoms with Crippen LogP contribution in [0.15, 0.2) is 57.9 Å². The number of halogens is 2. The highest BCUT2D eigenvalue weighted by atomic mass is 79.9. The molecule has 0 bridgehead atoms. The third kappa shape index (κ3) is 2.44. The number of benzene rings is 2. The molecule has 0 N–H and O–H groups in total. The molecule has 3 nitrogen and oxygen atoms in total. The molecule has 98 valence electrons. The van der Waals surface area contributed by atoms with Crippen molar-refractivity contribution in [1.29, 1.82) is 0 Å². The Bertz CT molecular complexity index is 867.